The van der Waals surface area contributed by atoms with Gasteiger partial charge in [-0.05, 0) is 42.8 Å². The Balaban J connectivity index is 1.99. The molecule has 1 aliphatic heterocycles. The number of hydrogen-bond donors (Lipinski definition) is 0. The molecular weight excluding hydrogens is 406 g/mol. The molecule has 0 bridgehead atoms. The van der Waals surface area contributed by atoms with Crippen LogP contribution in [0.3, 0.4) is 0 Å². The molecule has 2 aromatic rings. The van der Waals surface area contributed by atoms with Crippen molar-refractivity contribution in [3.63, 3.8) is 0 Å². The average molecular weight is 422 g/mol. The molecule has 0 N–H and O–H groups in total. The fourth-order valence-corrected chi connectivity index (χ4v) is 3.22. The molecule has 28 heavy (non-hydrogen) atoms. The third kappa shape index (κ3) is 4.71. The Morgan fingerprint density at radius 3 is 2.57 bits per heavy atom. The van der Waals surface area contributed by atoms with Crippen molar-refractivity contribution in [2.45, 2.75) is 6.92 Å². The lowest BCUT2D eigenvalue weighted by Gasteiger charge is -2.12. The van der Waals surface area contributed by atoms with Gasteiger partial charge in [0, 0.05) is 5.56 Å². The number of benzene rings is 2. The lowest BCUT2D eigenvalue weighted by atomic mass is 10.1. The van der Waals surface area contributed by atoms with Crippen LogP contribution in [0.2, 0.25) is 5.02 Å². The molecule has 0 unspecified atom stereocenters. The van der Waals surface area contributed by atoms with E-state index in [-0.39, 0.29) is 34.7 Å². The van der Waals surface area contributed by atoms with E-state index in [1.54, 1.807) is 19.1 Å². The molecule has 0 saturated heterocycles. The van der Waals surface area contributed by atoms with E-state index >= 15 is 0 Å². The SMILES string of the molecule is CCOc1cc(/C=C2/N=C(c3ccccc3)OC2=O)cc(Cl)c1OS(C)(=O)=O. The van der Waals surface area contributed by atoms with Gasteiger partial charge >= 0.3 is 16.1 Å². The first-order valence-electron chi connectivity index (χ1n) is 8.20. The highest BCUT2D eigenvalue weighted by Gasteiger charge is 2.24. The van der Waals surface area contributed by atoms with Crippen LogP contribution in [0.15, 0.2) is 53.2 Å². The third-order valence-corrected chi connectivity index (χ3v) is 4.26. The van der Waals surface area contributed by atoms with Crippen molar-refractivity contribution in [2.24, 2.45) is 4.99 Å². The summed E-state index contributed by atoms with van der Waals surface area (Å²) < 4.78 is 38.5. The van der Waals surface area contributed by atoms with Gasteiger partial charge in [0.05, 0.1) is 17.9 Å². The maximum absolute atomic E-state index is 12.1. The van der Waals surface area contributed by atoms with Crippen LogP contribution >= 0.6 is 11.6 Å². The van der Waals surface area contributed by atoms with Crippen molar-refractivity contribution in [3.05, 3.63) is 64.3 Å². The summed E-state index contributed by atoms with van der Waals surface area (Å²) in [5.41, 5.74) is 1.22. The number of rotatable bonds is 6. The Morgan fingerprint density at radius 2 is 1.93 bits per heavy atom. The van der Waals surface area contributed by atoms with Gasteiger partial charge in [0.15, 0.2) is 11.4 Å². The molecule has 0 aromatic heterocycles. The molecule has 0 amide bonds. The van der Waals surface area contributed by atoms with Gasteiger partial charge in [-0.15, -0.1) is 0 Å². The first kappa shape index (κ1) is 19.9. The summed E-state index contributed by atoms with van der Waals surface area (Å²) in [7, 11) is -3.80. The van der Waals surface area contributed by atoms with E-state index in [1.807, 2.05) is 18.2 Å². The van der Waals surface area contributed by atoms with Crippen LogP contribution in [0.1, 0.15) is 18.1 Å². The second-order valence-corrected chi connectivity index (χ2v) is 7.73. The Bertz CT molecular complexity index is 1080. The summed E-state index contributed by atoms with van der Waals surface area (Å²) >= 11 is 6.17. The molecular formula is C19H16ClNO6S. The lowest BCUT2D eigenvalue weighted by Crippen LogP contribution is -2.08. The number of cyclic esters (lactones) is 1. The summed E-state index contributed by atoms with van der Waals surface area (Å²) in [5.74, 6) is -0.393. The highest BCUT2D eigenvalue weighted by molar-refractivity contribution is 7.86. The fourth-order valence-electron chi connectivity index (χ4n) is 2.44. The predicted octanol–water partition coefficient (Wildman–Crippen LogP) is 3.42. The van der Waals surface area contributed by atoms with Crippen LogP contribution in [-0.2, 0) is 19.6 Å². The molecule has 0 aliphatic carbocycles. The van der Waals surface area contributed by atoms with Crippen LogP contribution in [0.4, 0.5) is 0 Å². The minimum absolute atomic E-state index is 0.0156. The van der Waals surface area contributed by atoms with Crippen molar-refractivity contribution in [1.82, 2.24) is 0 Å². The largest absolute Gasteiger partial charge is 0.490 e. The van der Waals surface area contributed by atoms with E-state index in [2.05, 4.69) is 4.99 Å². The molecule has 2 aromatic carbocycles. The molecule has 9 heteroatoms. The number of aliphatic imine (C=N–C) groups is 1. The molecule has 7 nitrogen and oxygen atoms in total. The third-order valence-electron chi connectivity index (χ3n) is 3.51. The Hall–Kier alpha value is -2.84. The zero-order valence-electron chi connectivity index (χ0n) is 15.0. The van der Waals surface area contributed by atoms with Gasteiger partial charge in [0.2, 0.25) is 11.6 Å². The summed E-state index contributed by atoms with van der Waals surface area (Å²) in [5, 5.41) is 0.0156. The van der Waals surface area contributed by atoms with E-state index < -0.39 is 16.1 Å². The van der Waals surface area contributed by atoms with Crippen molar-refractivity contribution in [2.75, 3.05) is 12.9 Å². The second-order valence-electron chi connectivity index (χ2n) is 5.75. The molecule has 146 valence electrons. The van der Waals surface area contributed by atoms with Crippen LogP contribution < -0.4 is 8.92 Å². The van der Waals surface area contributed by atoms with Crippen LogP contribution in [0, 0.1) is 0 Å². The van der Waals surface area contributed by atoms with E-state index in [9.17, 15) is 13.2 Å². The maximum Gasteiger partial charge on any atom is 0.363 e. The summed E-state index contributed by atoms with van der Waals surface area (Å²) in [6, 6.07) is 12.0. The van der Waals surface area contributed by atoms with Gasteiger partial charge in [-0.3, -0.25) is 0 Å². The normalized spacial score (nSPS) is 15.3. The van der Waals surface area contributed by atoms with E-state index in [1.165, 1.54) is 18.2 Å². The molecule has 0 radical (unpaired) electrons. The number of carbonyl (C=O) groups excluding carboxylic acids is 1. The highest BCUT2D eigenvalue weighted by Crippen LogP contribution is 2.38. The molecule has 0 spiro atoms. The van der Waals surface area contributed by atoms with Crippen LogP contribution in [-0.4, -0.2) is 33.1 Å². The molecule has 0 atom stereocenters. The first-order valence-corrected chi connectivity index (χ1v) is 10.4. The number of ether oxygens (including phenoxy) is 2. The molecule has 0 saturated carbocycles. The summed E-state index contributed by atoms with van der Waals surface area (Å²) in [6.07, 6.45) is 2.38. The van der Waals surface area contributed by atoms with Crippen LogP contribution in [0.25, 0.3) is 6.08 Å². The van der Waals surface area contributed by atoms with Gasteiger partial charge in [0.1, 0.15) is 0 Å². The fraction of sp³-hybridized carbons (Fsp3) is 0.158. The van der Waals surface area contributed by atoms with E-state index in [0.717, 1.165) is 6.26 Å². The molecule has 0 fully saturated rings. The van der Waals surface area contributed by atoms with Gasteiger partial charge < -0.3 is 13.7 Å². The van der Waals surface area contributed by atoms with Gasteiger partial charge in [0.25, 0.3) is 0 Å². The minimum atomic E-state index is -3.80. The summed E-state index contributed by atoms with van der Waals surface area (Å²) in [6.45, 7) is 1.99. The quantitative estimate of drug-likeness (QED) is 0.403. The summed E-state index contributed by atoms with van der Waals surface area (Å²) in [4.78, 5) is 16.4. The van der Waals surface area contributed by atoms with Crippen molar-refractivity contribution in [3.8, 4) is 11.5 Å². The Morgan fingerprint density at radius 1 is 1.21 bits per heavy atom. The zero-order chi connectivity index (χ0) is 20.3. The zero-order valence-corrected chi connectivity index (χ0v) is 16.6. The Kier molecular flexibility index (Phi) is 5.71. The first-order chi connectivity index (χ1) is 13.3. The highest BCUT2D eigenvalue weighted by atomic mass is 35.5. The number of hydrogen-bond acceptors (Lipinski definition) is 7. The molecule has 1 heterocycles. The number of carbonyl (C=O) groups is 1. The predicted molar refractivity (Wildman–Crippen MR) is 105 cm³/mol. The average Bonchev–Trinajstić information content (AvgIpc) is 2.99. The van der Waals surface area contributed by atoms with Crippen molar-refractivity contribution >= 4 is 39.7 Å². The monoisotopic (exact) mass is 421 g/mol. The molecule has 3 rings (SSSR count). The smallest absolute Gasteiger partial charge is 0.363 e. The number of esters is 1. The number of halogens is 1. The molecule has 1 aliphatic rings. The van der Waals surface area contributed by atoms with Crippen molar-refractivity contribution < 1.29 is 26.9 Å². The van der Waals surface area contributed by atoms with Gasteiger partial charge in [-0.2, -0.15) is 8.42 Å². The van der Waals surface area contributed by atoms with Crippen molar-refractivity contribution in [1.29, 1.82) is 0 Å². The number of nitrogens with zero attached hydrogens (tertiary/aromatic N) is 1. The Labute approximate surface area is 167 Å². The maximum atomic E-state index is 12.1. The standard InChI is InChI=1S/C19H16ClNO6S/c1-3-25-16-11-12(9-14(20)17(16)27-28(2,23)24)10-15-19(22)26-18(21-15)13-7-5-4-6-8-13/h4-11H,3H2,1-2H3/b15-10+. The van der Waals surface area contributed by atoms with Gasteiger partial charge in [-0.25, -0.2) is 9.79 Å². The lowest BCUT2D eigenvalue weighted by molar-refractivity contribution is -0.129. The topological polar surface area (TPSA) is 91.3 Å². The van der Waals surface area contributed by atoms with Gasteiger partial charge in [-0.1, -0.05) is 29.8 Å². The van der Waals surface area contributed by atoms with E-state index in [0.29, 0.717) is 11.1 Å². The van der Waals surface area contributed by atoms with Crippen LogP contribution in [0.5, 0.6) is 11.5 Å². The second kappa shape index (κ2) is 8.04. The van der Waals surface area contributed by atoms with E-state index in [4.69, 9.17) is 25.3 Å². The minimum Gasteiger partial charge on any atom is -0.490 e.